The van der Waals surface area contributed by atoms with Crippen molar-refractivity contribution in [2.24, 2.45) is 0 Å². The average molecular weight is 348 g/mol. The Morgan fingerprint density at radius 1 is 1.32 bits per heavy atom. The second kappa shape index (κ2) is 9.29. The van der Waals surface area contributed by atoms with Crippen LogP contribution in [-0.4, -0.2) is 51.9 Å². The molecule has 1 aromatic heterocycles. The van der Waals surface area contributed by atoms with E-state index in [9.17, 15) is 9.18 Å². The highest BCUT2D eigenvalue weighted by Gasteiger charge is 2.14. The topological polar surface area (TPSA) is 70.4 Å². The average Bonchev–Trinajstić information content (AvgIpc) is 2.93. The van der Waals surface area contributed by atoms with Crippen LogP contribution in [0.1, 0.15) is 25.5 Å². The van der Waals surface area contributed by atoms with Gasteiger partial charge in [-0.25, -0.2) is 9.07 Å². The summed E-state index contributed by atoms with van der Waals surface area (Å²) in [5.41, 5.74) is 1.42. The van der Waals surface area contributed by atoms with Crippen molar-refractivity contribution in [2.75, 3.05) is 31.6 Å². The lowest BCUT2D eigenvalue weighted by Crippen LogP contribution is -2.36. The second-order valence-electron chi connectivity index (χ2n) is 5.96. The van der Waals surface area contributed by atoms with Crippen LogP contribution < -0.4 is 5.32 Å². The molecule has 0 spiro atoms. The first-order chi connectivity index (χ1) is 12.0. The van der Waals surface area contributed by atoms with E-state index in [1.54, 1.807) is 22.9 Å². The molecule has 6 nitrogen and oxygen atoms in total. The molecular formula is C18H25FN4O2. The largest absolute Gasteiger partial charge is 0.395 e. The van der Waals surface area contributed by atoms with Crippen LogP contribution in [0.4, 0.5) is 10.2 Å². The van der Waals surface area contributed by atoms with Crippen LogP contribution in [0.5, 0.6) is 0 Å². The Bertz CT molecular complexity index is 685. The van der Waals surface area contributed by atoms with Crippen molar-refractivity contribution >= 4 is 11.7 Å². The summed E-state index contributed by atoms with van der Waals surface area (Å²) in [6.07, 6.45) is 2.00. The third kappa shape index (κ3) is 5.65. The van der Waals surface area contributed by atoms with E-state index in [1.807, 2.05) is 11.8 Å². The molecule has 0 aliphatic carbocycles. The zero-order valence-corrected chi connectivity index (χ0v) is 14.7. The van der Waals surface area contributed by atoms with E-state index < -0.39 is 0 Å². The molecule has 2 N–H and O–H groups in total. The fourth-order valence-corrected chi connectivity index (χ4v) is 2.55. The van der Waals surface area contributed by atoms with Gasteiger partial charge in [0.25, 0.3) is 0 Å². The van der Waals surface area contributed by atoms with Gasteiger partial charge in [0, 0.05) is 12.6 Å². The van der Waals surface area contributed by atoms with Crippen molar-refractivity contribution in [3.8, 4) is 5.69 Å². The number of aromatic nitrogens is 2. The van der Waals surface area contributed by atoms with E-state index in [1.165, 1.54) is 12.1 Å². The van der Waals surface area contributed by atoms with Gasteiger partial charge < -0.3 is 10.4 Å². The summed E-state index contributed by atoms with van der Waals surface area (Å²) < 4.78 is 14.7. The monoisotopic (exact) mass is 348 g/mol. The Hall–Kier alpha value is -2.25. The molecule has 0 saturated carbocycles. The zero-order chi connectivity index (χ0) is 18.2. The molecule has 0 unspecified atom stereocenters. The summed E-state index contributed by atoms with van der Waals surface area (Å²) in [5.74, 6) is 0.0372. The standard InChI is InChI=1S/C18H25FN4O2/c1-3-4-9-22(10-11-24)13-18(25)20-17-12-14(2)21-23(17)16-7-5-15(19)6-8-16/h5-8,12,24H,3-4,9-11,13H2,1-2H3,(H,20,25). The Morgan fingerprint density at radius 3 is 2.68 bits per heavy atom. The van der Waals surface area contributed by atoms with E-state index in [-0.39, 0.29) is 24.9 Å². The number of halogens is 1. The lowest BCUT2D eigenvalue weighted by Gasteiger charge is -2.20. The molecule has 25 heavy (non-hydrogen) atoms. The normalized spacial score (nSPS) is 11.1. The van der Waals surface area contributed by atoms with E-state index in [4.69, 9.17) is 5.11 Å². The van der Waals surface area contributed by atoms with E-state index in [2.05, 4.69) is 17.3 Å². The lowest BCUT2D eigenvalue weighted by atomic mass is 10.3. The van der Waals surface area contributed by atoms with Crippen molar-refractivity contribution in [1.29, 1.82) is 0 Å². The smallest absolute Gasteiger partial charge is 0.239 e. The summed E-state index contributed by atoms with van der Waals surface area (Å²) in [4.78, 5) is 14.3. The van der Waals surface area contributed by atoms with E-state index in [0.29, 0.717) is 18.1 Å². The molecule has 0 aliphatic heterocycles. The number of aryl methyl sites for hydroxylation is 1. The van der Waals surface area contributed by atoms with Gasteiger partial charge in [-0.15, -0.1) is 0 Å². The highest BCUT2D eigenvalue weighted by atomic mass is 19.1. The Labute approximate surface area is 147 Å². The van der Waals surface area contributed by atoms with Gasteiger partial charge in [0.1, 0.15) is 11.6 Å². The minimum absolute atomic E-state index is 0.0175. The van der Waals surface area contributed by atoms with Gasteiger partial charge in [0.2, 0.25) is 5.91 Å². The molecule has 1 amide bonds. The van der Waals surface area contributed by atoms with Crippen LogP contribution >= 0.6 is 0 Å². The fraction of sp³-hybridized carbons (Fsp3) is 0.444. The summed E-state index contributed by atoms with van der Waals surface area (Å²) >= 11 is 0. The quantitative estimate of drug-likeness (QED) is 0.730. The van der Waals surface area contributed by atoms with Crippen LogP contribution in [-0.2, 0) is 4.79 Å². The molecule has 0 atom stereocenters. The number of amides is 1. The van der Waals surface area contributed by atoms with Crippen molar-refractivity contribution < 1.29 is 14.3 Å². The fourth-order valence-electron chi connectivity index (χ4n) is 2.55. The lowest BCUT2D eigenvalue weighted by molar-refractivity contribution is -0.117. The summed E-state index contributed by atoms with van der Waals surface area (Å²) in [7, 11) is 0. The number of nitrogens with zero attached hydrogens (tertiary/aromatic N) is 3. The van der Waals surface area contributed by atoms with Gasteiger partial charge in [0.15, 0.2) is 0 Å². The Morgan fingerprint density at radius 2 is 2.04 bits per heavy atom. The molecule has 0 aliphatic rings. The van der Waals surface area contributed by atoms with Gasteiger partial charge in [-0.1, -0.05) is 13.3 Å². The number of rotatable bonds is 9. The first-order valence-electron chi connectivity index (χ1n) is 8.49. The number of hydrogen-bond acceptors (Lipinski definition) is 4. The van der Waals surface area contributed by atoms with Crippen LogP contribution in [0.15, 0.2) is 30.3 Å². The SMILES string of the molecule is CCCCN(CCO)CC(=O)Nc1cc(C)nn1-c1ccc(F)cc1. The van der Waals surface area contributed by atoms with Crippen molar-refractivity contribution in [3.63, 3.8) is 0 Å². The van der Waals surface area contributed by atoms with Gasteiger partial charge in [-0.3, -0.25) is 9.69 Å². The maximum absolute atomic E-state index is 13.1. The van der Waals surface area contributed by atoms with Crippen LogP contribution in [0, 0.1) is 12.7 Å². The number of aliphatic hydroxyl groups is 1. The van der Waals surface area contributed by atoms with E-state index >= 15 is 0 Å². The molecule has 136 valence electrons. The predicted octanol–water partition coefficient (Wildman–Crippen LogP) is 2.35. The number of hydrogen-bond donors (Lipinski definition) is 2. The number of anilines is 1. The van der Waals surface area contributed by atoms with Gasteiger partial charge >= 0.3 is 0 Å². The molecule has 1 aromatic carbocycles. The number of carbonyl (C=O) groups excluding carboxylic acids is 1. The van der Waals surface area contributed by atoms with Crippen molar-refractivity contribution in [3.05, 3.63) is 41.8 Å². The maximum atomic E-state index is 13.1. The molecular weight excluding hydrogens is 323 g/mol. The van der Waals surface area contributed by atoms with Crippen LogP contribution in [0.2, 0.25) is 0 Å². The minimum atomic E-state index is -0.325. The number of benzene rings is 1. The van der Waals surface area contributed by atoms with Crippen molar-refractivity contribution in [1.82, 2.24) is 14.7 Å². The van der Waals surface area contributed by atoms with Crippen molar-refractivity contribution in [2.45, 2.75) is 26.7 Å². The van der Waals surface area contributed by atoms with Crippen LogP contribution in [0.25, 0.3) is 5.69 Å². The molecule has 2 aromatic rings. The Kier molecular flexibility index (Phi) is 7.09. The molecule has 2 rings (SSSR count). The third-order valence-electron chi connectivity index (χ3n) is 3.78. The van der Waals surface area contributed by atoms with Gasteiger partial charge in [-0.2, -0.15) is 5.10 Å². The summed E-state index contributed by atoms with van der Waals surface area (Å²) in [6, 6.07) is 7.69. The number of unbranched alkanes of at least 4 members (excludes halogenated alkanes) is 1. The molecule has 0 radical (unpaired) electrons. The first-order valence-corrected chi connectivity index (χ1v) is 8.49. The van der Waals surface area contributed by atoms with Gasteiger partial charge in [0.05, 0.1) is 24.5 Å². The maximum Gasteiger partial charge on any atom is 0.239 e. The predicted molar refractivity (Wildman–Crippen MR) is 95.3 cm³/mol. The van der Waals surface area contributed by atoms with Gasteiger partial charge in [-0.05, 0) is 44.2 Å². The van der Waals surface area contributed by atoms with Crippen LogP contribution in [0.3, 0.4) is 0 Å². The number of carbonyl (C=O) groups is 1. The highest BCUT2D eigenvalue weighted by Crippen LogP contribution is 2.17. The second-order valence-corrected chi connectivity index (χ2v) is 5.96. The Balaban J connectivity index is 2.08. The number of aliphatic hydroxyl groups excluding tert-OH is 1. The third-order valence-corrected chi connectivity index (χ3v) is 3.78. The number of nitrogens with one attached hydrogen (secondary N) is 1. The molecule has 1 heterocycles. The minimum Gasteiger partial charge on any atom is -0.395 e. The zero-order valence-electron chi connectivity index (χ0n) is 14.7. The summed E-state index contributed by atoms with van der Waals surface area (Å²) in [6.45, 7) is 5.36. The molecule has 0 bridgehead atoms. The summed E-state index contributed by atoms with van der Waals surface area (Å²) in [5, 5.41) is 16.3. The molecule has 7 heteroatoms. The van der Waals surface area contributed by atoms with E-state index in [0.717, 1.165) is 25.1 Å². The highest BCUT2D eigenvalue weighted by molar-refractivity contribution is 5.91. The molecule has 0 saturated heterocycles. The molecule has 0 fully saturated rings. The first kappa shape index (κ1) is 19.1.